The number of nitrogens with zero attached hydrogens (tertiary/aromatic N) is 2. The molecule has 1 heterocycles. The first-order valence-corrected chi connectivity index (χ1v) is 10.6. The number of ether oxygens (including phenoxy) is 1. The van der Waals surface area contributed by atoms with Crippen LogP contribution in [0, 0.1) is 0 Å². The molecule has 1 rings (SSSR count). The maximum atomic E-state index is 11.7. The molecule has 0 unspecified atom stereocenters. The van der Waals surface area contributed by atoms with Crippen molar-refractivity contribution in [3.63, 3.8) is 0 Å². The van der Waals surface area contributed by atoms with Crippen molar-refractivity contribution in [1.29, 1.82) is 0 Å². The Morgan fingerprint density at radius 3 is 2.35 bits per heavy atom. The first kappa shape index (κ1) is 16.8. The van der Waals surface area contributed by atoms with Crippen LogP contribution in [0.2, 0.25) is 25.7 Å². The second-order valence-corrected chi connectivity index (χ2v) is 11.6. The van der Waals surface area contributed by atoms with E-state index in [-0.39, 0.29) is 6.61 Å². The van der Waals surface area contributed by atoms with E-state index in [1.807, 2.05) is 0 Å². The third-order valence-corrected chi connectivity index (χ3v) is 4.67. The summed E-state index contributed by atoms with van der Waals surface area (Å²) in [7, 11) is -1.30. The van der Waals surface area contributed by atoms with Gasteiger partial charge in [-0.15, -0.1) is 5.06 Å². The van der Waals surface area contributed by atoms with E-state index < -0.39 is 27.0 Å². The van der Waals surface area contributed by atoms with Gasteiger partial charge in [0.05, 0.1) is 6.61 Å². The molecule has 116 valence electrons. The van der Waals surface area contributed by atoms with Gasteiger partial charge in [0.2, 0.25) is 0 Å². The monoisotopic (exact) mass is 304 g/mol. The molecule has 0 aliphatic carbocycles. The maximum Gasteiger partial charge on any atom is 0.445 e. The summed E-state index contributed by atoms with van der Waals surface area (Å²) in [4.78, 5) is 29.7. The van der Waals surface area contributed by atoms with E-state index in [1.54, 1.807) is 0 Å². The van der Waals surface area contributed by atoms with E-state index in [4.69, 9.17) is 14.7 Å². The topological polar surface area (TPSA) is 79.3 Å². The van der Waals surface area contributed by atoms with Crippen molar-refractivity contribution in [2.75, 3.05) is 26.4 Å². The Morgan fingerprint density at radius 2 is 1.85 bits per heavy atom. The molecule has 0 atom stereocenters. The third kappa shape index (κ3) is 5.79. The summed E-state index contributed by atoms with van der Waals surface area (Å²) in [5, 5.41) is 9.63. The molecule has 0 saturated carbocycles. The number of hydrogen-bond acceptors (Lipinski definition) is 5. The van der Waals surface area contributed by atoms with Crippen LogP contribution < -0.4 is 0 Å². The molecule has 0 spiro atoms. The van der Waals surface area contributed by atoms with Gasteiger partial charge in [0.1, 0.15) is 0 Å². The van der Waals surface area contributed by atoms with Crippen LogP contribution in [0.15, 0.2) is 0 Å². The molecule has 0 radical (unpaired) electrons. The van der Waals surface area contributed by atoms with E-state index >= 15 is 0 Å². The second kappa shape index (κ2) is 7.49. The highest BCUT2D eigenvalue weighted by molar-refractivity contribution is 6.76. The zero-order chi connectivity index (χ0) is 15.2. The average Bonchev–Trinajstić information content (AvgIpc) is 2.87. The summed E-state index contributed by atoms with van der Waals surface area (Å²) < 4.78 is 5.00. The van der Waals surface area contributed by atoms with Crippen molar-refractivity contribution in [1.82, 2.24) is 9.96 Å². The highest BCUT2D eigenvalue weighted by Crippen LogP contribution is 2.11. The van der Waals surface area contributed by atoms with Crippen molar-refractivity contribution in [2.24, 2.45) is 0 Å². The van der Waals surface area contributed by atoms with Crippen LogP contribution in [-0.2, 0) is 9.57 Å². The highest BCUT2D eigenvalue weighted by Gasteiger charge is 2.25. The number of amides is 2. The number of rotatable bonds is 4. The van der Waals surface area contributed by atoms with Gasteiger partial charge in [0, 0.05) is 21.2 Å². The molecule has 20 heavy (non-hydrogen) atoms. The molecule has 1 saturated heterocycles. The number of hydrogen-bond donors (Lipinski definition) is 1. The minimum atomic E-state index is -1.30. The van der Waals surface area contributed by atoms with Crippen LogP contribution in [0.5, 0.6) is 0 Å². The van der Waals surface area contributed by atoms with Gasteiger partial charge in [-0.2, -0.15) is 0 Å². The first-order chi connectivity index (χ1) is 9.33. The third-order valence-electron chi connectivity index (χ3n) is 2.96. The van der Waals surface area contributed by atoms with E-state index in [9.17, 15) is 9.59 Å². The second-order valence-electron chi connectivity index (χ2n) is 6.00. The number of carbonyl (C=O) groups is 2. The van der Waals surface area contributed by atoms with E-state index in [1.165, 1.54) is 4.90 Å². The summed E-state index contributed by atoms with van der Waals surface area (Å²) in [6.07, 6.45) is 0.390. The molecule has 0 aromatic carbocycles. The zero-order valence-corrected chi connectivity index (χ0v) is 13.4. The van der Waals surface area contributed by atoms with Crippen LogP contribution in [0.1, 0.15) is 12.8 Å². The van der Waals surface area contributed by atoms with Gasteiger partial charge < -0.3 is 19.6 Å². The van der Waals surface area contributed by atoms with Crippen molar-refractivity contribution in [3.8, 4) is 0 Å². The lowest BCUT2D eigenvalue weighted by molar-refractivity contribution is -0.131. The molecular weight excluding hydrogens is 280 g/mol. The number of carbonyl (C=O) groups excluding carboxylic acids is 2. The fourth-order valence-electron chi connectivity index (χ4n) is 1.69. The lowest BCUT2D eigenvalue weighted by atomic mass is 10.4. The Hall–Kier alpha value is -1.28. The van der Waals surface area contributed by atoms with Crippen LogP contribution in [0.25, 0.3) is 0 Å². The van der Waals surface area contributed by atoms with Crippen LogP contribution in [-0.4, -0.2) is 61.8 Å². The largest absolute Gasteiger partial charge is 0.448 e. The number of likely N-dealkylation sites (tertiary alicyclic amines) is 1. The molecule has 1 aliphatic heterocycles. The summed E-state index contributed by atoms with van der Waals surface area (Å²) in [5.74, 6) is 0. The van der Waals surface area contributed by atoms with Crippen molar-refractivity contribution in [3.05, 3.63) is 0 Å². The predicted molar refractivity (Wildman–Crippen MR) is 75.7 cm³/mol. The standard InChI is InChI=1S/C12H24N2O5Si/c1-20(2,3)9-8-18-12(17)14(10-15)19-11(16)13-6-4-5-7-13/h15H,4-10H2,1-3H3. The highest BCUT2D eigenvalue weighted by atomic mass is 28.3. The summed E-state index contributed by atoms with van der Waals surface area (Å²) in [6, 6.07) is 0.818. The molecule has 2 amide bonds. The Bertz CT molecular complexity index is 339. The molecule has 1 fully saturated rings. The van der Waals surface area contributed by atoms with Gasteiger partial charge >= 0.3 is 12.2 Å². The van der Waals surface area contributed by atoms with Crippen LogP contribution >= 0.6 is 0 Å². The minimum absolute atomic E-state index is 0.270. The van der Waals surface area contributed by atoms with Gasteiger partial charge in [0.25, 0.3) is 0 Å². The Balaban J connectivity index is 2.36. The Morgan fingerprint density at radius 1 is 1.25 bits per heavy atom. The smallest absolute Gasteiger partial charge is 0.445 e. The molecule has 0 bridgehead atoms. The SMILES string of the molecule is C[Si](C)(C)CCOC(=O)N(CO)OC(=O)N1CCCC1. The molecule has 0 aromatic heterocycles. The van der Waals surface area contributed by atoms with Crippen molar-refractivity contribution in [2.45, 2.75) is 38.5 Å². The summed E-state index contributed by atoms with van der Waals surface area (Å²) in [6.45, 7) is 7.28. The Labute approximate surface area is 120 Å². The van der Waals surface area contributed by atoms with Crippen LogP contribution in [0.3, 0.4) is 0 Å². The molecule has 7 nitrogen and oxygen atoms in total. The van der Waals surface area contributed by atoms with E-state index in [0.717, 1.165) is 18.9 Å². The van der Waals surface area contributed by atoms with Gasteiger partial charge in [-0.1, -0.05) is 19.6 Å². The molecule has 8 heteroatoms. The van der Waals surface area contributed by atoms with Gasteiger partial charge in [-0.05, 0) is 18.9 Å². The molecule has 0 aromatic rings. The van der Waals surface area contributed by atoms with Crippen molar-refractivity contribution < 1.29 is 24.3 Å². The van der Waals surface area contributed by atoms with Gasteiger partial charge in [-0.3, -0.25) is 0 Å². The fourth-order valence-corrected chi connectivity index (χ4v) is 2.41. The fraction of sp³-hybridized carbons (Fsp3) is 0.833. The number of hydroxylamine groups is 2. The zero-order valence-electron chi connectivity index (χ0n) is 12.4. The van der Waals surface area contributed by atoms with Gasteiger partial charge in [0.15, 0.2) is 6.73 Å². The lowest BCUT2D eigenvalue weighted by Gasteiger charge is -2.22. The molecular formula is C12H24N2O5Si. The van der Waals surface area contributed by atoms with Gasteiger partial charge in [-0.25, -0.2) is 9.59 Å². The maximum absolute atomic E-state index is 11.7. The molecule has 1 N–H and O–H groups in total. The lowest BCUT2D eigenvalue weighted by Crippen LogP contribution is -2.40. The quantitative estimate of drug-likeness (QED) is 0.487. The van der Waals surface area contributed by atoms with E-state index in [0.29, 0.717) is 18.2 Å². The van der Waals surface area contributed by atoms with E-state index in [2.05, 4.69) is 19.6 Å². The Kier molecular flexibility index (Phi) is 6.28. The minimum Gasteiger partial charge on any atom is -0.448 e. The predicted octanol–water partition coefficient (Wildman–Crippen LogP) is 1.86. The molecule has 1 aliphatic rings. The van der Waals surface area contributed by atoms with Crippen molar-refractivity contribution >= 4 is 20.3 Å². The first-order valence-electron chi connectivity index (χ1n) is 6.85. The average molecular weight is 304 g/mol. The summed E-state index contributed by atoms with van der Waals surface area (Å²) in [5.41, 5.74) is 0. The number of aliphatic hydroxyl groups excluding tert-OH is 1. The number of aliphatic hydroxyl groups is 1. The normalized spacial score (nSPS) is 15.1. The van der Waals surface area contributed by atoms with Crippen LogP contribution in [0.4, 0.5) is 9.59 Å². The summed E-state index contributed by atoms with van der Waals surface area (Å²) >= 11 is 0.